The number of rotatable bonds is 12. The number of unbranched alkanes of at least 4 members (excludes halogenated alkanes) is 3. The Hall–Kier alpha value is -3.49. The molecule has 188 valence electrons. The number of halogens is 3. The average molecular weight is 489 g/mol. The van der Waals surface area contributed by atoms with Crippen molar-refractivity contribution in [3.8, 4) is 11.5 Å². The summed E-state index contributed by atoms with van der Waals surface area (Å²) < 4.78 is 52.4. The number of nitrogens with one attached hydrogen (secondary N) is 2. The number of ether oxygens (including phenoxy) is 2. The van der Waals surface area contributed by atoms with Crippen LogP contribution in [0.3, 0.4) is 0 Å². The molecule has 2 N–H and O–H groups in total. The molecule has 0 aliphatic carbocycles. The van der Waals surface area contributed by atoms with Crippen LogP contribution in [0.1, 0.15) is 52.0 Å². The Balaban J connectivity index is 1.76. The summed E-state index contributed by atoms with van der Waals surface area (Å²) in [4.78, 5) is 7.98. The molecule has 0 bridgehead atoms. The van der Waals surface area contributed by atoms with Crippen molar-refractivity contribution < 1.29 is 22.6 Å². The minimum Gasteiger partial charge on any atom is -0.494 e. The maximum absolute atomic E-state index is 13.6. The first-order valence-electron chi connectivity index (χ1n) is 11.7. The van der Waals surface area contributed by atoms with Gasteiger partial charge < -0.3 is 20.1 Å². The van der Waals surface area contributed by atoms with Gasteiger partial charge in [0, 0.05) is 11.9 Å². The van der Waals surface area contributed by atoms with Gasteiger partial charge in [0.25, 0.3) is 0 Å². The molecule has 6 nitrogen and oxygen atoms in total. The summed E-state index contributed by atoms with van der Waals surface area (Å²) in [5, 5.41) is 5.72. The lowest BCUT2D eigenvalue weighted by Gasteiger charge is -2.18. The number of alkyl halides is 3. The van der Waals surface area contributed by atoms with E-state index in [0.717, 1.165) is 24.8 Å². The van der Waals surface area contributed by atoms with Crippen LogP contribution in [0.4, 0.5) is 36.3 Å². The smallest absolute Gasteiger partial charge is 0.421 e. The number of anilines is 4. The van der Waals surface area contributed by atoms with Gasteiger partial charge in [0.05, 0.1) is 18.4 Å². The molecule has 2 aromatic carbocycles. The Kier molecular flexibility index (Phi) is 9.17. The lowest BCUT2D eigenvalue weighted by atomic mass is 10.2. The standard InChI is InChI=1S/C26H31F3N4O2/c1-4-5-6-9-16-34-20-14-12-19(13-15-20)31-25-30-17-21(26(27,28)29)24(33-25)32-22-10-7-8-11-23(22)35-18(2)3/h7-8,10-15,17-18H,4-6,9,16H2,1-3H3,(H2,30,31,32,33). The normalized spacial score (nSPS) is 11.4. The molecule has 0 fully saturated rings. The van der Waals surface area contributed by atoms with Crippen LogP contribution < -0.4 is 20.1 Å². The molecule has 0 saturated carbocycles. The number of benzene rings is 2. The quantitative estimate of drug-likeness (QED) is 0.254. The predicted molar refractivity (Wildman–Crippen MR) is 132 cm³/mol. The predicted octanol–water partition coefficient (Wildman–Crippen LogP) is 7.73. The highest BCUT2D eigenvalue weighted by Crippen LogP contribution is 2.37. The third-order valence-corrected chi connectivity index (χ3v) is 4.97. The molecule has 1 heterocycles. The zero-order valence-electron chi connectivity index (χ0n) is 20.2. The lowest BCUT2D eigenvalue weighted by Crippen LogP contribution is -2.13. The van der Waals surface area contributed by atoms with E-state index < -0.39 is 11.7 Å². The molecule has 0 aliphatic rings. The van der Waals surface area contributed by atoms with E-state index in [1.165, 1.54) is 12.8 Å². The second-order valence-electron chi connectivity index (χ2n) is 8.30. The van der Waals surface area contributed by atoms with Crippen LogP contribution in [-0.2, 0) is 6.18 Å². The van der Waals surface area contributed by atoms with Gasteiger partial charge in [-0.25, -0.2) is 4.98 Å². The third kappa shape index (κ3) is 8.05. The molecule has 0 atom stereocenters. The maximum Gasteiger partial charge on any atom is 0.421 e. The van der Waals surface area contributed by atoms with Gasteiger partial charge >= 0.3 is 6.18 Å². The highest BCUT2D eigenvalue weighted by atomic mass is 19.4. The van der Waals surface area contributed by atoms with E-state index in [4.69, 9.17) is 9.47 Å². The monoisotopic (exact) mass is 488 g/mol. The molecule has 0 amide bonds. The van der Waals surface area contributed by atoms with Gasteiger partial charge in [-0.1, -0.05) is 38.3 Å². The molecular weight excluding hydrogens is 457 g/mol. The van der Waals surface area contributed by atoms with Gasteiger partial charge in [0.15, 0.2) is 0 Å². The summed E-state index contributed by atoms with van der Waals surface area (Å²) in [6.07, 6.45) is 0.461. The van der Waals surface area contributed by atoms with Crippen molar-refractivity contribution >= 4 is 23.1 Å². The van der Waals surface area contributed by atoms with Crippen molar-refractivity contribution in [1.29, 1.82) is 0 Å². The highest BCUT2D eigenvalue weighted by molar-refractivity contribution is 5.67. The average Bonchev–Trinajstić information content (AvgIpc) is 2.80. The molecular formula is C26H31F3N4O2. The lowest BCUT2D eigenvalue weighted by molar-refractivity contribution is -0.137. The van der Waals surface area contributed by atoms with Crippen LogP contribution in [0.2, 0.25) is 0 Å². The number of hydrogen-bond acceptors (Lipinski definition) is 6. The first-order valence-corrected chi connectivity index (χ1v) is 11.7. The van der Waals surface area contributed by atoms with Crippen LogP contribution in [0.5, 0.6) is 11.5 Å². The zero-order chi connectivity index (χ0) is 25.3. The minimum absolute atomic E-state index is 0.0241. The first kappa shape index (κ1) is 26.1. The number of nitrogens with zero attached hydrogens (tertiary/aromatic N) is 2. The molecule has 0 aliphatic heterocycles. The van der Waals surface area contributed by atoms with Gasteiger partial charge in [-0.05, 0) is 56.7 Å². The van der Waals surface area contributed by atoms with Crippen molar-refractivity contribution in [2.75, 3.05) is 17.2 Å². The van der Waals surface area contributed by atoms with E-state index in [1.54, 1.807) is 48.5 Å². The van der Waals surface area contributed by atoms with Crippen molar-refractivity contribution in [3.05, 3.63) is 60.3 Å². The zero-order valence-corrected chi connectivity index (χ0v) is 20.2. The Morgan fingerprint density at radius 1 is 0.943 bits per heavy atom. The van der Waals surface area contributed by atoms with Crippen molar-refractivity contribution in [1.82, 2.24) is 9.97 Å². The van der Waals surface area contributed by atoms with E-state index in [9.17, 15) is 13.2 Å². The number of para-hydroxylation sites is 2. The largest absolute Gasteiger partial charge is 0.494 e. The highest BCUT2D eigenvalue weighted by Gasteiger charge is 2.35. The molecule has 3 rings (SSSR count). The molecule has 0 radical (unpaired) electrons. The van der Waals surface area contributed by atoms with Crippen molar-refractivity contribution in [3.63, 3.8) is 0 Å². The summed E-state index contributed by atoms with van der Waals surface area (Å²) in [5.41, 5.74) is 0.0172. The Labute approximate surface area is 203 Å². The van der Waals surface area contributed by atoms with Crippen LogP contribution >= 0.6 is 0 Å². The van der Waals surface area contributed by atoms with E-state index >= 15 is 0 Å². The Morgan fingerprint density at radius 3 is 2.37 bits per heavy atom. The summed E-state index contributed by atoms with van der Waals surface area (Å²) in [7, 11) is 0. The van der Waals surface area contributed by atoms with E-state index in [2.05, 4.69) is 27.5 Å². The van der Waals surface area contributed by atoms with Crippen LogP contribution in [0.15, 0.2) is 54.7 Å². The third-order valence-electron chi connectivity index (χ3n) is 4.97. The summed E-state index contributed by atoms with van der Waals surface area (Å²) in [6.45, 7) is 6.48. The van der Waals surface area contributed by atoms with Crippen LogP contribution in [0, 0.1) is 0 Å². The summed E-state index contributed by atoms with van der Waals surface area (Å²) >= 11 is 0. The molecule has 0 spiro atoms. The molecule has 3 aromatic rings. The van der Waals surface area contributed by atoms with E-state index in [-0.39, 0.29) is 17.9 Å². The van der Waals surface area contributed by atoms with Gasteiger partial charge in [0.2, 0.25) is 5.95 Å². The number of hydrogen-bond donors (Lipinski definition) is 2. The Morgan fingerprint density at radius 2 is 1.69 bits per heavy atom. The molecule has 1 aromatic heterocycles. The Bertz CT molecular complexity index is 1070. The second-order valence-corrected chi connectivity index (χ2v) is 8.30. The second kappa shape index (κ2) is 12.3. The fraction of sp³-hybridized carbons (Fsp3) is 0.385. The van der Waals surface area contributed by atoms with Crippen LogP contribution in [-0.4, -0.2) is 22.7 Å². The molecule has 9 heteroatoms. The van der Waals surface area contributed by atoms with Gasteiger partial charge in [-0.2, -0.15) is 18.2 Å². The maximum atomic E-state index is 13.6. The molecule has 0 saturated heterocycles. The van der Waals surface area contributed by atoms with Crippen LogP contribution in [0.25, 0.3) is 0 Å². The summed E-state index contributed by atoms with van der Waals surface area (Å²) in [6, 6.07) is 13.9. The van der Waals surface area contributed by atoms with E-state index in [0.29, 0.717) is 23.7 Å². The van der Waals surface area contributed by atoms with Gasteiger partial charge in [-0.3, -0.25) is 0 Å². The first-order chi connectivity index (χ1) is 16.8. The number of aromatic nitrogens is 2. The van der Waals surface area contributed by atoms with Gasteiger partial charge in [-0.15, -0.1) is 0 Å². The van der Waals surface area contributed by atoms with Gasteiger partial charge in [0.1, 0.15) is 22.9 Å². The topological polar surface area (TPSA) is 68.3 Å². The minimum atomic E-state index is -4.63. The van der Waals surface area contributed by atoms with Crippen molar-refractivity contribution in [2.24, 2.45) is 0 Å². The fourth-order valence-corrected chi connectivity index (χ4v) is 3.28. The van der Waals surface area contributed by atoms with Crippen molar-refractivity contribution in [2.45, 2.75) is 58.7 Å². The molecule has 0 unspecified atom stereocenters. The molecule has 35 heavy (non-hydrogen) atoms. The fourth-order valence-electron chi connectivity index (χ4n) is 3.28. The summed E-state index contributed by atoms with van der Waals surface area (Å²) in [5.74, 6) is 0.802. The SMILES string of the molecule is CCCCCCOc1ccc(Nc2ncc(C(F)(F)F)c(Nc3ccccc3OC(C)C)n2)cc1. The van der Waals surface area contributed by atoms with E-state index in [1.807, 2.05) is 13.8 Å².